The second-order valence-electron chi connectivity index (χ2n) is 11.9. The molecule has 0 fully saturated rings. The molecule has 0 saturated heterocycles. The van der Waals surface area contributed by atoms with Crippen molar-refractivity contribution >= 4 is 76.4 Å². The van der Waals surface area contributed by atoms with Crippen molar-refractivity contribution in [3.8, 4) is 22.3 Å². The summed E-state index contributed by atoms with van der Waals surface area (Å²) in [6.07, 6.45) is -0.944. The summed E-state index contributed by atoms with van der Waals surface area (Å²) >= 11 is 19.5. The Labute approximate surface area is 331 Å². The second-order valence-corrected chi connectivity index (χ2v) is 16.4. The first-order chi connectivity index (χ1) is 25.5. The molecule has 1 atom stereocenters. The van der Waals surface area contributed by atoms with Crippen LogP contribution >= 0.6 is 58.3 Å². The van der Waals surface area contributed by atoms with E-state index < -0.39 is 34.5 Å². The molecule has 9 nitrogen and oxygen atoms in total. The highest BCUT2D eigenvalue weighted by Crippen LogP contribution is 2.47. The number of hydrogen-bond donors (Lipinski definition) is 3. The fourth-order valence-electron chi connectivity index (χ4n) is 6.18. The van der Waals surface area contributed by atoms with E-state index in [2.05, 4.69) is 53.8 Å². The molecular formula is C39H36Cl3NO8S2. The minimum absolute atomic E-state index is 0.0756. The molecule has 2 aliphatic rings. The van der Waals surface area contributed by atoms with Crippen LogP contribution in [-0.2, 0) is 23.8 Å². The highest BCUT2D eigenvalue weighted by molar-refractivity contribution is 8.02. The number of carbonyl (C=O) groups excluding carboxylic acids is 1. The first-order valence-corrected chi connectivity index (χ1v) is 19.7. The van der Waals surface area contributed by atoms with Crippen molar-refractivity contribution in [1.82, 2.24) is 5.32 Å². The lowest BCUT2D eigenvalue weighted by atomic mass is 9.99. The van der Waals surface area contributed by atoms with Crippen LogP contribution in [0.4, 0.5) is 4.79 Å². The van der Waals surface area contributed by atoms with Crippen LogP contribution in [0.3, 0.4) is 0 Å². The SMILES string of the molecule is COCO/C(=C/SCC1c2ccccc2-c2ccccc21)C(=O)O.O=C(N[C@H](CSCC1c2ccccc2-c2ccccc21)C(=O)O)OCC(Cl)(Cl)Cl. The largest absolute Gasteiger partial charge is 0.480 e. The summed E-state index contributed by atoms with van der Waals surface area (Å²) in [6.45, 7) is -0.549. The lowest BCUT2D eigenvalue weighted by Gasteiger charge is -2.18. The quantitative estimate of drug-likeness (QED) is 0.0490. The van der Waals surface area contributed by atoms with Gasteiger partial charge in [0.15, 0.2) is 6.79 Å². The zero-order valence-electron chi connectivity index (χ0n) is 28.4. The van der Waals surface area contributed by atoms with Crippen LogP contribution in [0.25, 0.3) is 22.3 Å². The number of carboxylic acid groups (broad SMARTS) is 2. The minimum atomic E-state index is -1.76. The number of alkyl carbamates (subject to hydrolysis) is 1. The van der Waals surface area contributed by atoms with Crippen molar-refractivity contribution in [2.24, 2.45) is 0 Å². The third-order valence-electron chi connectivity index (χ3n) is 8.45. The van der Waals surface area contributed by atoms with Crippen LogP contribution in [0, 0.1) is 0 Å². The van der Waals surface area contributed by atoms with Gasteiger partial charge in [0.2, 0.25) is 9.55 Å². The lowest BCUT2D eigenvalue weighted by molar-refractivity contribution is -0.139. The van der Waals surface area contributed by atoms with E-state index in [9.17, 15) is 19.5 Å². The van der Waals surface area contributed by atoms with Crippen molar-refractivity contribution in [1.29, 1.82) is 0 Å². The van der Waals surface area contributed by atoms with Gasteiger partial charge in [-0.1, -0.05) is 132 Å². The number of nitrogens with one attached hydrogen (secondary N) is 1. The van der Waals surface area contributed by atoms with Gasteiger partial charge in [0.1, 0.15) is 12.6 Å². The van der Waals surface area contributed by atoms with Gasteiger partial charge in [-0.15, -0.1) is 11.8 Å². The number of thioether (sulfide) groups is 2. The summed E-state index contributed by atoms with van der Waals surface area (Å²) in [5.41, 5.74) is 9.96. The summed E-state index contributed by atoms with van der Waals surface area (Å²) in [4.78, 5) is 34.4. The second kappa shape index (κ2) is 19.0. The van der Waals surface area contributed by atoms with Gasteiger partial charge in [-0.2, -0.15) is 11.8 Å². The van der Waals surface area contributed by atoms with Gasteiger partial charge in [-0.3, -0.25) is 0 Å². The predicted molar refractivity (Wildman–Crippen MR) is 212 cm³/mol. The normalized spacial score (nSPS) is 13.8. The van der Waals surface area contributed by atoms with E-state index in [0.717, 1.165) is 5.75 Å². The highest BCUT2D eigenvalue weighted by Gasteiger charge is 2.30. The monoisotopic (exact) mass is 815 g/mol. The van der Waals surface area contributed by atoms with E-state index in [0.29, 0.717) is 5.75 Å². The molecule has 0 unspecified atom stereocenters. The predicted octanol–water partition coefficient (Wildman–Crippen LogP) is 9.16. The molecule has 14 heteroatoms. The van der Waals surface area contributed by atoms with E-state index in [-0.39, 0.29) is 30.1 Å². The molecule has 3 N–H and O–H groups in total. The Hall–Kier alpha value is -3.84. The number of halogens is 3. The number of rotatable bonds is 14. The van der Waals surface area contributed by atoms with Crippen LogP contribution in [0.1, 0.15) is 34.1 Å². The molecule has 6 rings (SSSR count). The standard InChI is InChI=1S/C20H18Cl3NO4S.C19H18O4S/c21-20(22,23)11-28-19(27)24-17(18(25)26)10-29-9-16-14-7-3-1-5-12(14)13-6-2-4-8-15(13)16;1-22-12-23-18(19(20)21)11-24-10-17-15-8-4-2-6-13(15)14-7-3-5-9-16(14)17/h1-8,16-17H,9-11H2,(H,24,27)(H,25,26);2-9,11,17H,10,12H2,1H3,(H,20,21)/b;18-11+/t17-;/m1./s1. The highest BCUT2D eigenvalue weighted by atomic mass is 35.6. The van der Waals surface area contributed by atoms with Crippen molar-refractivity contribution in [2.75, 3.05) is 37.8 Å². The van der Waals surface area contributed by atoms with Crippen molar-refractivity contribution in [2.45, 2.75) is 21.7 Å². The van der Waals surface area contributed by atoms with Gasteiger partial charge in [0, 0.05) is 41.6 Å². The van der Waals surface area contributed by atoms with Crippen molar-refractivity contribution in [3.05, 3.63) is 130 Å². The topological polar surface area (TPSA) is 131 Å². The Balaban J connectivity index is 0.000000208. The number of methoxy groups -OCH3 is 1. The molecule has 1 amide bonds. The maximum atomic E-state index is 11.8. The Morgan fingerprint density at radius 1 is 0.755 bits per heavy atom. The van der Waals surface area contributed by atoms with Crippen LogP contribution in [0.5, 0.6) is 0 Å². The molecule has 0 aliphatic heterocycles. The maximum absolute atomic E-state index is 11.8. The molecule has 4 aromatic carbocycles. The number of benzene rings is 4. The third-order valence-corrected chi connectivity index (χ3v) is 10.8. The first kappa shape index (κ1) is 40.3. The lowest BCUT2D eigenvalue weighted by Crippen LogP contribution is -2.43. The van der Waals surface area contributed by atoms with Crippen molar-refractivity contribution in [3.63, 3.8) is 0 Å². The van der Waals surface area contributed by atoms with Crippen LogP contribution in [0.2, 0.25) is 0 Å². The van der Waals surface area contributed by atoms with Crippen LogP contribution in [-0.4, -0.2) is 75.8 Å². The van der Waals surface area contributed by atoms with E-state index in [1.807, 2.05) is 48.5 Å². The zero-order chi connectivity index (χ0) is 38.0. The fourth-order valence-corrected chi connectivity index (χ4v) is 8.50. The zero-order valence-corrected chi connectivity index (χ0v) is 32.3. The van der Waals surface area contributed by atoms with Gasteiger partial charge >= 0.3 is 18.0 Å². The third kappa shape index (κ3) is 10.6. The fraction of sp³-hybridized carbons (Fsp3) is 0.256. The number of fused-ring (bicyclic) bond motifs is 6. The average Bonchev–Trinajstić information content (AvgIpc) is 3.64. The van der Waals surface area contributed by atoms with Gasteiger partial charge < -0.3 is 29.7 Å². The van der Waals surface area contributed by atoms with Gasteiger partial charge in [0.25, 0.3) is 0 Å². The number of carboxylic acids is 2. The van der Waals surface area contributed by atoms with E-state index in [4.69, 9.17) is 54.1 Å². The molecule has 278 valence electrons. The molecule has 0 spiro atoms. The molecule has 4 aromatic rings. The van der Waals surface area contributed by atoms with Gasteiger partial charge in [0.05, 0.1) is 0 Å². The number of amides is 1. The molecule has 2 aliphatic carbocycles. The maximum Gasteiger partial charge on any atom is 0.408 e. The number of aliphatic carboxylic acids is 2. The van der Waals surface area contributed by atoms with E-state index >= 15 is 0 Å². The van der Waals surface area contributed by atoms with Crippen LogP contribution < -0.4 is 5.32 Å². The molecule has 0 aromatic heterocycles. The Morgan fingerprint density at radius 2 is 1.21 bits per heavy atom. The Morgan fingerprint density at radius 3 is 1.62 bits per heavy atom. The van der Waals surface area contributed by atoms with Crippen LogP contribution in [0.15, 0.2) is 108 Å². The van der Waals surface area contributed by atoms with Crippen molar-refractivity contribution < 1.29 is 38.8 Å². The number of hydrogen-bond acceptors (Lipinski definition) is 8. The summed E-state index contributed by atoms with van der Waals surface area (Å²) < 4.78 is 12.8. The van der Waals surface area contributed by atoms with Gasteiger partial charge in [-0.25, -0.2) is 14.4 Å². The van der Waals surface area contributed by atoms with Gasteiger partial charge in [-0.05, 0) is 44.5 Å². The van der Waals surface area contributed by atoms with E-state index in [1.165, 1.54) is 75.1 Å². The summed E-state index contributed by atoms with van der Waals surface area (Å²) in [6, 6.07) is 32.1. The Kier molecular flexibility index (Phi) is 14.4. The summed E-state index contributed by atoms with van der Waals surface area (Å²) in [5.74, 6) is -0.318. The number of alkyl halides is 3. The summed E-state index contributed by atoms with van der Waals surface area (Å²) in [5, 5.41) is 22.4. The Bertz CT molecular complexity index is 1860. The average molecular weight is 817 g/mol. The smallest absolute Gasteiger partial charge is 0.408 e. The molecular weight excluding hydrogens is 781 g/mol. The molecule has 0 radical (unpaired) electrons. The molecule has 53 heavy (non-hydrogen) atoms. The number of carbonyl (C=O) groups is 3. The molecule has 0 bridgehead atoms. The molecule has 0 saturated carbocycles. The summed E-state index contributed by atoms with van der Waals surface area (Å²) in [7, 11) is 1.46. The number of ether oxygens (including phenoxy) is 3. The molecule has 0 heterocycles. The minimum Gasteiger partial charge on any atom is -0.480 e. The first-order valence-electron chi connectivity index (χ1n) is 16.3. The van der Waals surface area contributed by atoms with E-state index in [1.54, 1.807) is 5.41 Å².